The third-order valence-corrected chi connectivity index (χ3v) is 3.67. The second-order valence-electron chi connectivity index (χ2n) is 3.63. The van der Waals surface area contributed by atoms with Gasteiger partial charge in [0.05, 0.1) is 6.33 Å². The van der Waals surface area contributed by atoms with Crippen LogP contribution in [0.4, 0.5) is 5.82 Å². The van der Waals surface area contributed by atoms with Gasteiger partial charge in [0.15, 0.2) is 0 Å². The molecule has 2 N–H and O–H groups in total. The van der Waals surface area contributed by atoms with Crippen molar-refractivity contribution in [3.05, 3.63) is 20.3 Å². The predicted octanol–water partition coefficient (Wildman–Crippen LogP) is 0.173. The SMILES string of the molecule is CN(c1nc[nH]c(=O)c1I)C1CCNC1. The van der Waals surface area contributed by atoms with Crippen LogP contribution in [0, 0.1) is 3.57 Å². The molecule has 0 spiro atoms. The molecule has 6 heteroatoms. The van der Waals surface area contributed by atoms with E-state index in [1.807, 2.05) is 29.6 Å². The molecule has 1 aliphatic heterocycles. The van der Waals surface area contributed by atoms with Crippen molar-refractivity contribution in [2.45, 2.75) is 12.5 Å². The fraction of sp³-hybridized carbons (Fsp3) is 0.556. The van der Waals surface area contributed by atoms with Crippen LogP contribution < -0.4 is 15.8 Å². The molecule has 1 aromatic heterocycles. The van der Waals surface area contributed by atoms with Crippen molar-refractivity contribution in [3.63, 3.8) is 0 Å². The molecule has 2 heterocycles. The number of aromatic amines is 1. The van der Waals surface area contributed by atoms with Gasteiger partial charge in [-0.05, 0) is 35.6 Å². The Morgan fingerprint density at radius 3 is 3.13 bits per heavy atom. The number of nitrogens with one attached hydrogen (secondary N) is 2. The number of rotatable bonds is 2. The summed E-state index contributed by atoms with van der Waals surface area (Å²) in [6.07, 6.45) is 2.56. The number of likely N-dealkylation sites (N-methyl/N-ethyl adjacent to an activating group) is 1. The highest BCUT2D eigenvalue weighted by atomic mass is 127. The van der Waals surface area contributed by atoms with Gasteiger partial charge in [0.2, 0.25) is 0 Å². The summed E-state index contributed by atoms with van der Waals surface area (Å²) in [4.78, 5) is 20.3. The molecule has 1 saturated heterocycles. The molecule has 0 bridgehead atoms. The fourth-order valence-corrected chi connectivity index (χ4v) is 2.44. The van der Waals surface area contributed by atoms with Crippen molar-refractivity contribution in [2.75, 3.05) is 25.0 Å². The van der Waals surface area contributed by atoms with Crippen LogP contribution in [-0.4, -0.2) is 36.1 Å². The average molecular weight is 320 g/mol. The zero-order valence-corrected chi connectivity index (χ0v) is 10.6. The van der Waals surface area contributed by atoms with E-state index in [1.165, 1.54) is 6.33 Å². The zero-order chi connectivity index (χ0) is 10.8. The van der Waals surface area contributed by atoms with Gasteiger partial charge in [0, 0.05) is 19.6 Å². The summed E-state index contributed by atoms with van der Waals surface area (Å²) in [5.74, 6) is 0.771. The van der Waals surface area contributed by atoms with Crippen LogP contribution in [0.25, 0.3) is 0 Å². The molecular formula is C9H13IN4O. The van der Waals surface area contributed by atoms with Crippen LogP contribution in [0.3, 0.4) is 0 Å². The maximum absolute atomic E-state index is 11.4. The first-order chi connectivity index (χ1) is 7.20. The minimum atomic E-state index is -0.0709. The number of halogens is 1. The Labute approximate surface area is 101 Å². The summed E-state index contributed by atoms with van der Waals surface area (Å²) in [6.45, 7) is 2.00. The van der Waals surface area contributed by atoms with Gasteiger partial charge in [-0.2, -0.15) is 0 Å². The Bertz CT molecular complexity index is 399. The minimum Gasteiger partial charge on any atom is -0.354 e. The molecular weight excluding hydrogens is 307 g/mol. The van der Waals surface area contributed by atoms with Gasteiger partial charge < -0.3 is 15.2 Å². The summed E-state index contributed by atoms with van der Waals surface area (Å²) >= 11 is 2.04. The summed E-state index contributed by atoms with van der Waals surface area (Å²) in [5, 5.41) is 3.30. The predicted molar refractivity (Wildman–Crippen MR) is 67.3 cm³/mol. The number of hydrogen-bond donors (Lipinski definition) is 2. The van der Waals surface area contributed by atoms with E-state index in [0.717, 1.165) is 25.3 Å². The molecule has 1 aromatic rings. The molecule has 1 fully saturated rings. The van der Waals surface area contributed by atoms with Crippen molar-refractivity contribution >= 4 is 28.4 Å². The highest BCUT2D eigenvalue weighted by molar-refractivity contribution is 14.1. The van der Waals surface area contributed by atoms with Gasteiger partial charge in [-0.15, -0.1) is 0 Å². The van der Waals surface area contributed by atoms with Crippen molar-refractivity contribution < 1.29 is 0 Å². The molecule has 1 aliphatic rings. The van der Waals surface area contributed by atoms with Gasteiger partial charge in [0.25, 0.3) is 5.56 Å². The number of aromatic nitrogens is 2. The van der Waals surface area contributed by atoms with Gasteiger partial charge in [-0.3, -0.25) is 4.79 Å². The Hall–Kier alpha value is -0.630. The van der Waals surface area contributed by atoms with Crippen molar-refractivity contribution in [1.82, 2.24) is 15.3 Å². The highest BCUT2D eigenvalue weighted by Crippen LogP contribution is 2.18. The summed E-state index contributed by atoms with van der Waals surface area (Å²) in [5.41, 5.74) is -0.0709. The normalized spacial score (nSPS) is 20.5. The molecule has 0 aromatic carbocycles. The average Bonchev–Trinajstić information content (AvgIpc) is 2.74. The van der Waals surface area contributed by atoms with Gasteiger partial charge in [0.1, 0.15) is 9.39 Å². The van der Waals surface area contributed by atoms with E-state index >= 15 is 0 Å². The van der Waals surface area contributed by atoms with E-state index < -0.39 is 0 Å². The molecule has 0 radical (unpaired) electrons. The molecule has 15 heavy (non-hydrogen) atoms. The fourth-order valence-electron chi connectivity index (χ4n) is 1.76. The third kappa shape index (κ3) is 2.15. The number of hydrogen-bond acceptors (Lipinski definition) is 4. The quantitative estimate of drug-likeness (QED) is 0.763. The van der Waals surface area contributed by atoms with E-state index in [0.29, 0.717) is 9.61 Å². The summed E-state index contributed by atoms with van der Waals surface area (Å²) < 4.78 is 0.657. The molecule has 1 atom stereocenters. The monoisotopic (exact) mass is 320 g/mol. The summed E-state index contributed by atoms with van der Waals surface area (Å²) in [7, 11) is 1.99. The maximum atomic E-state index is 11.4. The van der Waals surface area contributed by atoms with Crippen molar-refractivity contribution in [2.24, 2.45) is 0 Å². The second kappa shape index (κ2) is 4.48. The smallest absolute Gasteiger partial charge is 0.266 e. The summed E-state index contributed by atoms with van der Waals surface area (Å²) in [6, 6.07) is 0.438. The zero-order valence-electron chi connectivity index (χ0n) is 8.46. The van der Waals surface area contributed by atoms with Crippen molar-refractivity contribution in [3.8, 4) is 0 Å². The number of nitrogens with zero attached hydrogens (tertiary/aromatic N) is 2. The first kappa shape index (κ1) is 10.9. The first-order valence-corrected chi connectivity index (χ1v) is 5.94. The molecule has 5 nitrogen and oxygen atoms in total. The Morgan fingerprint density at radius 1 is 1.67 bits per heavy atom. The third-order valence-electron chi connectivity index (χ3n) is 2.69. The molecule has 0 saturated carbocycles. The van der Waals surface area contributed by atoms with E-state index in [4.69, 9.17) is 0 Å². The Kier molecular flexibility index (Phi) is 3.25. The first-order valence-electron chi connectivity index (χ1n) is 4.87. The van der Waals surface area contributed by atoms with Crippen LogP contribution in [0.5, 0.6) is 0 Å². The van der Waals surface area contributed by atoms with E-state index in [9.17, 15) is 4.79 Å². The second-order valence-corrected chi connectivity index (χ2v) is 4.71. The van der Waals surface area contributed by atoms with Crippen molar-refractivity contribution in [1.29, 1.82) is 0 Å². The molecule has 0 amide bonds. The topological polar surface area (TPSA) is 61.0 Å². The van der Waals surface area contributed by atoms with Gasteiger partial charge in [-0.25, -0.2) is 4.98 Å². The van der Waals surface area contributed by atoms with Crippen LogP contribution >= 0.6 is 22.6 Å². The van der Waals surface area contributed by atoms with Gasteiger partial charge >= 0.3 is 0 Å². The Morgan fingerprint density at radius 2 is 2.47 bits per heavy atom. The van der Waals surface area contributed by atoms with E-state index in [1.54, 1.807) is 0 Å². The van der Waals surface area contributed by atoms with Crippen LogP contribution in [0.1, 0.15) is 6.42 Å². The van der Waals surface area contributed by atoms with Crippen LogP contribution in [0.2, 0.25) is 0 Å². The molecule has 82 valence electrons. The number of anilines is 1. The minimum absolute atomic E-state index is 0.0709. The van der Waals surface area contributed by atoms with E-state index in [2.05, 4.69) is 20.2 Å². The Balaban J connectivity index is 2.28. The lowest BCUT2D eigenvalue weighted by molar-refractivity contribution is 0.674. The lowest BCUT2D eigenvalue weighted by Crippen LogP contribution is -2.35. The van der Waals surface area contributed by atoms with Gasteiger partial charge in [-0.1, -0.05) is 0 Å². The highest BCUT2D eigenvalue weighted by Gasteiger charge is 2.22. The van der Waals surface area contributed by atoms with Crippen LogP contribution in [0.15, 0.2) is 11.1 Å². The number of H-pyrrole nitrogens is 1. The molecule has 2 rings (SSSR count). The maximum Gasteiger partial charge on any atom is 0.266 e. The van der Waals surface area contributed by atoms with E-state index in [-0.39, 0.29) is 5.56 Å². The van der Waals surface area contributed by atoms with Crippen LogP contribution in [-0.2, 0) is 0 Å². The lowest BCUT2D eigenvalue weighted by atomic mass is 10.2. The molecule has 1 unspecified atom stereocenters. The molecule has 0 aliphatic carbocycles. The largest absolute Gasteiger partial charge is 0.354 e. The lowest BCUT2D eigenvalue weighted by Gasteiger charge is -2.25. The standard InChI is InChI=1S/C9H13IN4O/c1-14(6-2-3-11-4-6)8-7(10)9(15)13-5-12-8/h5-6,11H,2-4H2,1H3,(H,12,13,15).